The third kappa shape index (κ3) is 2.32. The molecule has 0 atom stereocenters. The molecule has 4 heteroatoms. The topological polar surface area (TPSA) is 58.6 Å². The lowest BCUT2D eigenvalue weighted by Crippen LogP contribution is -2.18. The number of rotatable bonds is 2. The molecule has 0 aliphatic rings. The minimum atomic E-state index is -0.0733. The molecule has 0 spiro atoms. The lowest BCUT2D eigenvalue weighted by molar-refractivity contribution is 0.814. The van der Waals surface area contributed by atoms with Crippen LogP contribution in [0, 0.1) is 13.8 Å². The Hall–Kier alpha value is -1.97. The molecule has 18 heavy (non-hydrogen) atoms. The molecule has 4 nitrogen and oxygen atoms in total. The van der Waals surface area contributed by atoms with Crippen LogP contribution in [0.5, 0.6) is 0 Å². The zero-order valence-corrected chi connectivity index (χ0v) is 11.1. The number of aryl methyl sites for hydroxylation is 2. The lowest BCUT2D eigenvalue weighted by atomic mass is 10.0. The van der Waals surface area contributed by atoms with E-state index in [1.807, 2.05) is 39.8 Å². The Morgan fingerprint density at radius 2 is 2.00 bits per heavy atom. The van der Waals surface area contributed by atoms with Crippen molar-refractivity contribution in [3.8, 4) is 11.5 Å². The van der Waals surface area contributed by atoms with E-state index < -0.39 is 0 Å². The monoisotopic (exact) mass is 243 g/mol. The summed E-state index contributed by atoms with van der Waals surface area (Å²) >= 11 is 0. The maximum Gasteiger partial charge on any atom is 0.254 e. The lowest BCUT2D eigenvalue weighted by Gasteiger charge is -2.09. The van der Waals surface area contributed by atoms with E-state index >= 15 is 0 Å². The van der Waals surface area contributed by atoms with Crippen molar-refractivity contribution in [2.75, 3.05) is 0 Å². The normalized spacial score (nSPS) is 10.9. The average Bonchev–Trinajstić information content (AvgIpc) is 2.27. The molecule has 94 valence electrons. The van der Waals surface area contributed by atoms with Gasteiger partial charge in [-0.3, -0.25) is 9.78 Å². The van der Waals surface area contributed by atoms with Gasteiger partial charge in [-0.1, -0.05) is 13.8 Å². The minimum absolute atomic E-state index is 0.0733. The fourth-order valence-corrected chi connectivity index (χ4v) is 2.06. The van der Waals surface area contributed by atoms with Gasteiger partial charge in [0.05, 0.1) is 0 Å². The SMILES string of the molecule is Cc1ccnc(-c2nc(C)c(C(C)C)c(=O)[nH]2)c1. The van der Waals surface area contributed by atoms with E-state index in [9.17, 15) is 4.79 Å². The van der Waals surface area contributed by atoms with Gasteiger partial charge in [0.25, 0.3) is 5.56 Å². The highest BCUT2D eigenvalue weighted by Gasteiger charge is 2.12. The summed E-state index contributed by atoms with van der Waals surface area (Å²) in [5, 5.41) is 0. The Bertz CT molecular complexity index is 629. The molecule has 1 N–H and O–H groups in total. The van der Waals surface area contributed by atoms with Gasteiger partial charge in [-0.2, -0.15) is 0 Å². The maximum absolute atomic E-state index is 12.0. The van der Waals surface area contributed by atoms with Gasteiger partial charge >= 0.3 is 0 Å². The predicted octanol–water partition coefficient (Wildman–Crippen LogP) is 2.57. The molecular formula is C14H17N3O. The first kappa shape index (κ1) is 12.5. The molecule has 0 saturated carbocycles. The number of hydrogen-bond donors (Lipinski definition) is 1. The maximum atomic E-state index is 12.0. The third-order valence-corrected chi connectivity index (χ3v) is 2.88. The number of H-pyrrole nitrogens is 1. The molecular weight excluding hydrogens is 226 g/mol. The van der Waals surface area contributed by atoms with Gasteiger partial charge in [0.2, 0.25) is 0 Å². The van der Waals surface area contributed by atoms with Crippen LogP contribution in [0.3, 0.4) is 0 Å². The van der Waals surface area contributed by atoms with Crippen LogP contribution in [0.25, 0.3) is 11.5 Å². The Morgan fingerprint density at radius 3 is 2.56 bits per heavy atom. The fourth-order valence-electron chi connectivity index (χ4n) is 2.06. The van der Waals surface area contributed by atoms with Crippen molar-refractivity contribution in [1.82, 2.24) is 15.0 Å². The Labute approximate surface area is 106 Å². The van der Waals surface area contributed by atoms with Crippen LogP contribution in [-0.4, -0.2) is 15.0 Å². The van der Waals surface area contributed by atoms with E-state index in [0.29, 0.717) is 11.5 Å². The molecule has 0 fully saturated rings. The molecule has 0 amide bonds. The molecule has 0 bridgehead atoms. The minimum Gasteiger partial charge on any atom is -0.305 e. The first-order valence-electron chi connectivity index (χ1n) is 6.03. The van der Waals surface area contributed by atoms with Crippen LogP contribution >= 0.6 is 0 Å². The number of nitrogens with zero attached hydrogens (tertiary/aromatic N) is 2. The van der Waals surface area contributed by atoms with Crippen molar-refractivity contribution in [3.63, 3.8) is 0 Å². The van der Waals surface area contributed by atoms with Crippen molar-refractivity contribution < 1.29 is 0 Å². The van der Waals surface area contributed by atoms with Gasteiger partial charge in [0.1, 0.15) is 5.69 Å². The first-order valence-corrected chi connectivity index (χ1v) is 6.03. The molecule has 0 radical (unpaired) electrons. The predicted molar refractivity (Wildman–Crippen MR) is 71.7 cm³/mol. The number of aromatic nitrogens is 3. The van der Waals surface area contributed by atoms with Crippen molar-refractivity contribution >= 4 is 0 Å². The van der Waals surface area contributed by atoms with Crippen molar-refractivity contribution in [3.05, 3.63) is 45.5 Å². The number of aromatic amines is 1. The molecule has 2 heterocycles. The molecule has 0 aliphatic heterocycles. The van der Waals surface area contributed by atoms with E-state index in [1.165, 1.54) is 0 Å². The average molecular weight is 243 g/mol. The largest absolute Gasteiger partial charge is 0.305 e. The second kappa shape index (κ2) is 4.72. The zero-order valence-electron chi connectivity index (χ0n) is 11.1. The summed E-state index contributed by atoms with van der Waals surface area (Å²) in [5.41, 5.74) is 3.23. The van der Waals surface area contributed by atoms with Crippen molar-refractivity contribution in [2.45, 2.75) is 33.6 Å². The second-order valence-electron chi connectivity index (χ2n) is 4.79. The molecule has 0 unspecified atom stereocenters. The van der Waals surface area contributed by atoms with E-state index in [-0.39, 0.29) is 11.5 Å². The van der Waals surface area contributed by atoms with Gasteiger partial charge in [-0.25, -0.2) is 4.98 Å². The highest BCUT2D eigenvalue weighted by Crippen LogP contribution is 2.16. The van der Waals surface area contributed by atoms with Gasteiger partial charge in [-0.05, 0) is 37.5 Å². The van der Waals surface area contributed by atoms with E-state index in [0.717, 1.165) is 16.8 Å². The quantitative estimate of drug-likeness (QED) is 0.881. The van der Waals surface area contributed by atoms with Gasteiger partial charge in [0, 0.05) is 17.5 Å². The zero-order chi connectivity index (χ0) is 13.3. The summed E-state index contributed by atoms with van der Waals surface area (Å²) in [6.45, 7) is 7.83. The smallest absolute Gasteiger partial charge is 0.254 e. The van der Waals surface area contributed by atoms with Crippen molar-refractivity contribution in [1.29, 1.82) is 0 Å². The van der Waals surface area contributed by atoms with Gasteiger partial charge in [0.15, 0.2) is 5.82 Å². The molecule has 2 rings (SSSR count). The van der Waals surface area contributed by atoms with E-state index in [1.54, 1.807) is 6.20 Å². The number of nitrogens with one attached hydrogen (secondary N) is 1. The van der Waals surface area contributed by atoms with Crippen LogP contribution in [-0.2, 0) is 0 Å². The first-order chi connectivity index (χ1) is 8.49. The van der Waals surface area contributed by atoms with Crippen LogP contribution in [0.1, 0.15) is 36.6 Å². The van der Waals surface area contributed by atoms with Crippen LogP contribution in [0.4, 0.5) is 0 Å². The molecule has 0 saturated heterocycles. The summed E-state index contributed by atoms with van der Waals surface area (Å²) in [5.74, 6) is 0.700. The summed E-state index contributed by atoms with van der Waals surface area (Å²) in [7, 11) is 0. The summed E-state index contributed by atoms with van der Waals surface area (Å²) in [6.07, 6.45) is 1.72. The highest BCUT2D eigenvalue weighted by molar-refractivity contribution is 5.50. The summed E-state index contributed by atoms with van der Waals surface area (Å²) in [4.78, 5) is 23.5. The Kier molecular flexibility index (Phi) is 3.28. The van der Waals surface area contributed by atoms with Crippen LogP contribution in [0.2, 0.25) is 0 Å². The number of hydrogen-bond acceptors (Lipinski definition) is 3. The van der Waals surface area contributed by atoms with Gasteiger partial charge < -0.3 is 4.98 Å². The molecule has 0 aromatic carbocycles. The molecule has 0 aliphatic carbocycles. The van der Waals surface area contributed by atoms with E-state index in [2.05, 4.69) is 15.0 Å². The van der Waals surface area contributed by atoms with Crippen LogP contribution in [0.15, 0.2) is 23.1 Å². The standard InChI is InChI=1S/C14H17N3O/c1-8(2)12-10(4)16-13(17-14(12)18)11-7-9(3)5-6-15-11/h5-8H,1-4H3,(H,16,17,18). The summed E-state index contributed by atoms with van der Waals surface area (Å²) < 4.78 is 0. The van der Waals surface area contributed by atoms with Crippen LogP contribution < -0.4 is 5.56 Å². The van der Waals surface area contributed by atoms with Gasteiger partial charge in [-0.15, -0.1) is 0 Å². The second-order valence-corrected chi connectivity index (χ2v) is 4.79. The van der Waals surface area contributed by atoms with E-state index in [4.69, 9.17) is 0 Å². The third-order valence-electron chi connectivity index (χ3n) is 2.88. The molecule has 2 aromatic rings. The highest BCUT2D eigenvalue weighted by atomic mass is 16.1. The Balaban J connectivity index is 2.59. The molecule has 2 aromatic heterocycles. The number of pyridine rings is 1. The Morgan fingerprint density at radius 1 is 1.28 bits per heavy atom. The summed E-state index contributed by atoms with van der Waals surface area (Å²) in [6, 6.07) is 3.82. The fraction of sp³-hybridized carbons (Fsp3) is 0.357. The van der Waals surface area contributed by atoms with Crippen molar-refractivity contribution in [2.24, 2.45) is 0 Å².